The van der Waals surface area contributed by atoms with E-state index in [2.05, 4.69) is 10.3 Å². The first-order valence-corrected chi connectivity index (χ1v) is 10.8. The molecule has 1 atom stereocenters. The van der Waals surface area contributed by atoms with E-state index in [1.807, 2.05) is 42.5 Å². The SMILES string of the molecule is O=C(Nc1ccccc1)N(Cc1cc2cc3c(cc2[nH]c1=O)OCCO3)CC1CCCO1. The summed E-state index contributed by atoms with van der Waals surface area (Å²) in [6.07, 6.45) is 1.84. The van der Waals surface area contributed by atoms with Gasteiger partial charge >= 0.3 is 6.03 Å². The normalized spacial score (nSPS) is 17.3. The van der Waals surface area contributed by atoms with Crippen molar-refractivity contribution in [2.45, 2.75) is 25.5 Å². The van der Waals surface area contributed by atoms with Crippen LogP contribution < -0.4 is 20.3 Å². The summed E-state index contributed by atoms with van der Waals surface area (Å²) >= 11 is 0. The number of amides is 2. The zero-order valence-corrected chi connectivity index (χ0v) is 17.6. The summed E-state index contributed by atoms with van der Waals surface area (Å²) in [6, 6.07) is 14.5. The number of nitrogens with one attached hydrogen (secondary N) is 2. The van der Waals surface area contributed by atoms with Gasteiger partial charge in [-0.2, -0.15) is 0 Å². The highest BCUT2D eigenvalue weighted by Gasteiger charge is 2.24. The highest BCUT2D eigenvalue weighted by atomic mass is 16.6. The Bertz CT molecular complexity index is 1170. The van der Waals surface area contributed by atoms with Crippen molar-refractivity contribution in [2.24, 2.45) is 0 Å². The number of fused-ring (bicyclic) bond motifs is 2. The summed E-state index contributed by atoms with van der Waals surface area (Å²) in [5.74, 6) is 1.27. The van der Waals surface area contributed by atoms with Crippen LogP contribution >= 0.6 is 0 Å². The number of para-hydroxylation sites is 1. The number of pyridine rings is 1. The Kier molecular flexibility index (Phi) is 5.68. The number of nitrogens with zero attached hydrogens (tertiary/aromatic N) is 1. The van der Waals surface area contributed by atoms with Gasteiger partial charge in [0.15, 0.2) is 11.5 Å². The Labute approximate surface area is 185 Å². The number of benzene rings is 2. The first-order valence-electron chi connectivity index (χ1n) is 10.8. The molecule has 8 heteroatoms. The average molecular weight is 435 g/mol. The molecule has 1 fully saturated rings. The van der Waals surface area contributed by atoms with Gasteiger partial charge in [0.05, 0.1) is 18.2 Å². The third-order valence-corrected chi connectivity index (χ3v) is 5.71. The molecule has 166 valence electrons. The molecule has 1 unspecified atom stereocenters. The molecule has 0 radical (unpaired) electrons. The molecule has 2 aliphatic heterocycles. The molecule has 0 saturated carbocycles. The van der Waals surface area contributed by atoms with Crippen molar-refractivity contribution in [3.05, 3.63) is 64.4 Å². The lowest BCUT2D eigenvalue weighted by Crippen LogP contribution is -2.40. The number of rotatable bonds is 5. The molecule has 2 aliphatic rings. The maximum atomic E-state index is 13.1. The Morgan fingerprint density at radius 3 is 2.59 bits per heavy atom. The number of anilines is 1. The molecule has 2 N–H and O–H groups in total. The first kappa shape index (κ1) is 20.4. The summed E-state index contributed by atoms with van der Waals surface area (Å²) in [4.78, 5) is 30.5. The quantitative estimate of drug-likeness (QED) is 0.640. The molecule has 3 aromatic rings. The van der Waals surface area contributed by atoms with Crippen molar-refractivity contribution < 1.29 is 19.0 Å². The molecule has 2 amide bonds. The summed E-state index contributed by atoms with van der Waals surface area (Å²) in [6.45, 7) is 2.25. The van der Waals surface area contributed by atoms with E-state index in [1.54, 1.807) is 11.0 Å². The predicted molar refractivity (Wildman–Crippen MR) is 120 cm³/mol. The maximum absolute atomic E-state index is 13.1. The standard InChI is InChI=1S/C24H25N3O5/c28-23-17(11-16-12-21-22(13-20(16)26-23)32-10-9-31-21)14-27(15-19-7-4-8-30-19)24(29)25-18-5-2-1-3-6-18/h1-3,5-6,11-13,19H,4,7-10,14-15H2,(H,25,29)(H,26,28). The number of carbonyl (C=O) groups is 1. The van der Waals surface area contributed by atoms with Crippen LogP contribution in [-0.2, 0) is 11.3 Å². The Morgan fingerprint density at radius 1 is 1.06 bits per heavy atom. The van der Waals surface area contributed by atoms with Crippen molar-refractivity contribution in [3.8, 4) is 11.5 Å². The molecule has 8 nitrogen and oxygen atoms in total. The van der Waals surface area contributed by atoms with E-state index in [4.69, 9.17) is 14.2 Å². The molecule has 2 aromatic carbocycles. The van der Waals surface area contributed by atoms with Crippen molar-refractivity contribution in [3.63, 3.8) is 0 Å². The number of urea groups is 1. The highest BCUT2D eigenvalue weighted by Crippen LogP contribution is 2.33. The van der Waals surface area contributed by atoms with Crippen LogP contribution in [0.25, 0.3) is 10.9 Å². The van der Waals surface area contributed by atoms with Crippen molar-refractivity contribution >= 4 is 22.6 Å². The number of carbonyl (C=O) groups excluding carboxylic acids is 1. The summed E-state index contributed by atoms with van der Waals surface area (Å²) < 4.78 is 17.0. The molecule has 0 spiro atoms. The van der Waals surface area contributed by atoms with E-state index in [0.717, 1.165) is 18.2 Å². The highest BCUT2D eigenvalue weighted by molar-refractivity contribution is 5.89. The molecule has 1 saturated heterocycles. The van der Waals surface area contributed by atoms with Crippen molar-refractivity contribution in [1.82, 2.24) is 9.88 Å². The molecule has 1 aromatic heterocycles. The minimum atomic E-state index is -0.270. The van der Waals surface area contributed by atoms with Gasteiger partial charge < -0.3 is 29.4 Å². The van der Waals surface area contributed by atoms with Crippen LogP contribution in [-0.4, -0.2) is 48.4 Å². The minimum Gasteiger partial charge on any atom is -0.486 e. The third-order valence-electron chi connectivity index (χ3n) is 5.71. The van der Waals surface area contributed by atoms with Gasteiger partial charge in [-0.05, 0) is 37.1 Å². The topological polar surface area (TPSA) is 92.9 Å². The van der Waals surface area contributed by atoms with E-state index < -0.39 is 0 Å². The van der Waals surface area contributed by atoms with Gasteiger partial charge in [0, 0.05) is 35.9 Å². The number of H-pyrrole nitrogens is 1. The van der Waals surface area contributed by atoms with Gasteiger partial charge in [-0.15, -0.1) is 0 Å². The van der Waals surface area contributed by atoms with Gasteiger partial charge in [-0.3, -0.25) is 4.79 Å². The lowest BCUT2D eigenvalue weighted by Gasteiger charge is -2.26. The lowest BCUT2D eigenvalue weighted by atomic mass is 10.1. The second kappa shape index (κ2) is 8.92. The van der Waals surface area contributed by atoms with Gasteiger partial charge in [-0.25, -0.2) is 4.79 Å². The fraction of sp³-hybridized carbons (Fsp3) is 0.333. The second-order valence-electron chi connectivity index (χ2n) is 8.02. The molecule has 0 bridgehead atoms. The van der Waals surface area contributed by atoms with Gasteiger partial charge in [0.25, 0.3) is 5.56 Å². The second-order valence-corrected chi connectivity index (χ2v) is 8.02. The maximum Gasteiger partial charge on any atom is 0.322 e. The fourth-order valence-electron chi connectivity index (χ4n) is 4.09. The summed E-state index contributed by atoms with van der Waals surface area (Å²) in [7, 11) is 0. The van der Waals surface area contributed by atoms with E-state index in [9.17, 15) is 9.59 Å². The Hall–Kier alpha value is -3.52. The lowest BCUT2D eigenvalue weighted by molar-refractivity contribution is 0.0818. The molecular formula is C24H25N3O5. The molecule has 5 rings (SSSR count). The first-order chi connectivity index (χ1) is 15.7. The van der Waals surface area contributed by atoms with Gasteiger partial charge in [0.1, 0.15) is 13.2 Å². The molecule has 3 heterocycles. The molecule has 0 aliphatic carbocycles. The fourth-order valence-corrected chi connectivity index (χ4v) is 4.09. The van der Waals surface area contributed by atoms with Crippen LogP contribution in [0.1, 0.15) is 18.4 Å². The van der Waals surface area contributed by atoms with Gasteiger partial charge in [-0.1, -0.05) is 18.2 Å². The Balaban J connectivity index is 1.43. The number of ether oxygens (including phenoxy) is 3. The van der Waals surface area contributed by atoms with Crippen molar-refractivity contribution in [1.29, 1.82) is 0 Å². The van der Waals surface area contributed by atoms with Crippen LogP contribution in [0, 0.1) is 0 Å². The van der Waals surface area contributed by atoms with E-state index >= 15 is 0 Å². The average Bonchev–Trinajstić information content (AvgIpc) is 3.32. The predicted octanol–water partition coefficient (Wildman–Crippen LogP) is 3.51. The van der Waals surface area contributed by atoms with E-state index in [0.29, 0.717) is 54.6 Å². The van der Waals surface area contributed by atoms with Crippen molar-refractivity contribution in [2.75, 3.05) is 31.7 Å². The molecule has 32 heavy (non-hydrogen) atoms. The largest absolute Gasteiger partial charge is 0.486 e. The zero-order chi connectivity index (χ0) is 21.9. The zero-order valence-electron chi connectivity index (χ0n) is 17.6. The van der Waals surface area contributed by atoms with Crippen LogP contribution in [0.3, 0.4) is 0 Å². The number of aromatic nitrogens is 1. The van der Waals surface area contributed by atoms with Crippen LogP contribution in [0.5, 0.6) is 11.5 Å². The monoisotopic (exact) mass is 435 g/mol. The van der Waals surface area contributed by atoms with E-state index in [1.165, 1.54) is 0 Å². The van der Waals surface area contributed by atoms with Crippen LogP contribution in [0.4, 0.5) is 10.5 Å². The third kappa shape index (κ3) is 4.40. The van der Waals surface area contributed by atoms with Gasteiger partial charge in [0.2, 0.25) is 0 Å². The number of hydrogen-bond acceptors (Lipinski definition) is 5. The van der Waals surface area contributed by atoms with Crippen LogP contribution in [0.2, 0.25) is 0 Å². The summed E-state index contributed by atoms with van der Waals surface area (Å²) in [5.41, 5.74) is 1.63. The molecular weight excluding hydrogens is 410 g/mol. The van der Waals surface area contributed by atoms with E-state index in [-0.39, 0.29) is 24.2 Å². The van der Waals surface area contributed by atoms with Crippen LogP contribution in [0.15, 0.2) is 53.3 Å². The smallest absolute Gasteiger partial charge is 0.322 e. The Morgan fingerprint density at radius 2 is 1.84 bits per heavy atom. The summed E-state index contributed by atoms with van der Waals surface area (Å²) in [5, 5.41) is 3.74. The number of hydrogen-bond donors (Lipinski definition) is 2. The minimum absolute atomic E-state index is 0.0337. The number of aromatic amines is 1.